The van der Waals surface area contributed by atoms with Crippen LogP contribution in [-0.2, 0) is 51.5 Å². The third kappa shape index (κ3) is 8.67. The summed E-state index contributed by atoms with van der Waals surface area (Å²) in [5, 5.41) is 1.24. The van der Waals surface area contributed by atoms with E-state index in [1.54, 1.807) is 0 Å². The predicted octanol–water partition coefficient (Wildman–Crippen LogP) is 18.5. The number of hydrogen-bond donors (Lipinski definition) is 0. The molecule has 0 atom stereocenters. The van der Waals surface area contributed by atoms with Crippen molar-refractivity contribution in [2.75, 3.05) is 0 Å². The smallest absolute Gasteiger partial charge is 0.294 e. The Balaban J connectivity index is 0.0000000948. The van der Waals surface area contributed by atoms with Gasteiger partial charge < -0.3 is 0 Å². The van der Waals surface area contributed by atoms with Crippen molar-refractivity contribution in [3.05, 3.63) is 275 Å². The third-order valence-electron chi connectivity index (χ3n) is 25.9. The van der Waals surface area contributed by atoms with Crippen LogP contribution in [-0.4, -0.2) is 60.5 Å². The lowest BCUT2D eigenvalue weighted by Gasteiger charge is -2.33. The Morgan fingerprint density at radius 2 is 0.947 bits per heavy atom. The normalized spacial score (nSPS) is 14.9. The van der Waals surface area contributed by atoms with Crippen LogP contribution in [0.5, 0.6) is 0 Å². The van der Waals surface area contributed by atoms with Crippen molar-refractivity contribution in [2.24, 2.45) is 28.2 Å². The van der Waals surface area contributed by atoms with Crippen LogP contribution in [0.3, 0.4) is 0 Å². The quantitative estimate of drug-likeness (QED) is 0.152. The first-order chi connectivity index (χ1) is 56.2. The molecule has 558 valence electrons. The SMILES string of the molecule is Cc1ccc2c3c1-c1c(ccc[n+]1C)C(C)(C)n3c1nc3ccccc3n21.Cc1ccc2c3c1-c1n(c4ccccc4[n+]1C)C(C)(C)n3c1nc3ccccc3n21.Cc1ccc2c3c1-c1n(cc[n+]1C)C(C)(C)n3c1nc3ccccc3n21.[2H]C([2H])([2H])c1c(C)c(-c2cc(C)c3c(C)cccc3[n+]2C)cc2c1nc1n2-c2ccccc2C1. The molecule has 21 aromatic rings. The average Bonchev–Trinajstić information content (AvgIpc) is 1.52. The fourth-order valence-electron chi connectivity index (χ4n) is 20.6. The van der Waals surface area contributed by atoms with E-state index in [1.807, 2.05) is 19.1 Å². The second-order valence-electron chi connectivity index (χ2n) is 33.5. The maximum Gasteiger partial charge on any atom is 0.294 e. The van der Waals surface area contributed by atoms with Crippen molar-refractivity contribution in [3.63, 3.8) is 0 Å². The van der Waals surface area contributed by atoms with E-state index in [0.29, 0.717) is 17.5 Å². The molecule has 17 nitrogen and oxygen atoms in total. The number of benzene rings is 10. The molecule has 0 N–H and O–H groups in total. The number of aryl methyl sites for hydroxylation is 10. The van der Waals surface area contributed by atoms with E-state index in [4.69, 9.17) is 24.0 Å². The van der Waals surface area contributed by atoms with Gasteiger partial charge in [0, 0.05) is 28.7 Å². The molecule has 0 bridgehead atoms. The number of rotatable bonds is 1. The summed E-state index contributed by atoms with van der Waals surface area (Å²) in [4.78, 5) is 20.0. The number of hydrogen-bond acceptors (Lipinski definition) is 4. The van der Waals surface area contributed by atoms with Crippen molar-refractivity contribution in [3.8, 4) is 51.0 Å². The molecule has 0 amide bonds. The molecule has 17 heteroatoms. The fraction of sp³-hybridized carbons (Fsp3) is 0.216. The highest BCUT2D eigenvalue weighted by Crippen LogP contribution is 2.50. The first-order valence-corrected chi connectivity index (χ1v) is 39.5. The number of fused-ring (bicyclic) bond motifs is 29. The lowest BCUT2D eigenvalue weighted by Crippen LogP contribution is -2.42. The monoisotopic (exact) mass is 1490 g/mol. The van der Waals surface area contributed by atoms with Gasteiger partial charge in [-0.05, 0) is 219 Å². The van der Waals surface area contributed by atoms with Crippen molar-refractivity contribution in [1.29, 1.82) is 0 Å². The summed E-state index contributed by atoms with van der Waals surface area (Å²) in [7, 11) is 8.51. The molecule has 0 unspecified atom stereocenters. The second-order valence-corrected chi connectivity index (χ2v) is 33.5. The van der Waals surface area contributed by atoms with E-state index < -0.39 is 6.85 Å². The van der Waals surface area contributed by atoms with Crippen LogP contribution >= 0.6 is 0 Å². The zero-order valence-electron chi connectivity index (χ0n) is 70.1. The van der Waals surface area contributed by atoms with Gasteiger partial charge in [-0.15, -0.1) is 0 Å². The first kappa shape index (κ1) is 64.4. The van der Waals surface area contributed by atoms with Crippen molar-refractivity contribution in [1.82, 2.24) is 60.5 Å². The summed E-state index contributed by atoms with van der Waals surface area (Å²) in [6.45, 7) is 24.3. The number of aromatic nitrogens is 17. The van der Waals surface area contributed by atoms with Gasteiger partial charge in [0.15, 0.2) is 28.6 Å². The minimum absolute atomic E-state index is 0.195. The van der Waals surface area contributed by atoms with Crippen molar-refractivity contribution < 1.29 is 22.4 Å². The summed E-state index contributed by atoms with van der Waals surface area (Å²) in [5.74, 6) is 6.40. The Morgan fingerprint density at radius 3 is 1.57 bits per heavy atom. The predicted molar refractivity (Wildman–Crippen MR) is 457 cm³/mol. The molecule has 0 saturated carbocycles. The summed E-state index contributed by atoms with van der Waals surface area (Å²) < 4.78 is 55.4. The molecular formula is C97H89N17+4. The second kappa shape index (κ2) is 23.2. The molecule has 11 aromatic heterocycles. The minimum Gasteiger partial charge on any atom is -0.299 e. The van der Waals surface area contributed by atoms with Gasteiger partial charge in [0.2, 0.25) is 34.2 Å². The molecule has 0 aliphatic carbocycles. The van der Waals surface area contributed by atoms with E-state index >= 15 is 0 Å². The van der Waals surface area contributed by atoms with E-state index in [-0.39, 0.29) is 16.9 Å². The first-order valence-electron chi connectivity index (χ1n) is 41.0. The number of imidazole rings is 9. The molecule has 0 spiro atoms. The maximum absolute atomic E-state index is 8.39. The highest BCUT2D eigenvalue weighted by molar-refractivity contribution is 6.04. The molecule has 114 heavy (non-hydrogen) atoms. The minimum atomic E-state index is -2.27. The number of para-hydroxylation sites is 9. The molecule has 0 radical (unpaired) electrons. The Bertz CT molecular complexity index is 8020. The van der Waals surface area contributed by atoms with Gasteiger partial charge in [0.1, 0.15) is 32.3 Å². The van der Waals surface area contributed by atoms with Gasteiger partial charge in [-0.25, -0.2) is 38.2 Å². The molecule has 0 fully saturated rings. The van der Waals surface area contributed by atoms with Gasteiger partial charge in [-0.2, -0.15) is 9.13 Å². The Kier molecular flexibility index (Phi) is 13.1. The van der Waals surface area contributed by atoms with Crippen LogP contribution in [0.25, 0.3) is 167 Å². The van der Waals surface area contributed by atoms with Crippen LogP contribution in [0.15, 0.2) is 219 Å². The topological polar surface area (TPSA) is 110 Å². The van der Waals surface area contributed by atoms with Gasteiger partial charge in [-0.3, -0.25) is 31.5 Å². The summed E-state index contributed by atoms with van der Waals surface area (Å²) in [6, 6.07) is 70.7. The Morgan fingerprint density at radius 1 is 0.412 bits per heavy atom. The average molecular weight is 1500 g/mol. The molecule has 10 aromatic carbocycles. The maximum atomic E-state index is 8.39. The molecule has 4 aliphatic heterocycles. The Hall–Kier alpha value is -13.3. The Labute approximate surface area is 662 Å². The van der Waals surface area contributed by atoms with E-state index in [2.05, 4.69) is 370 Å². The molecule has 15 heterocycles. The van der Waals surface area contributed by atoms with Gasteiger partial charge in [-0.1, -0.05) is 97.1 Å². The lowest BCUT2D eigenvalue weighted by molar-refractivity contribution is -0.661. The van der Waals surface area contributed by atoms with Crippen molar-refractivity contribution in [2.45, 2.75) is 113 Å². The standard InChI is InChI=1S/C28H26N3.C25H22N5.C23H21N4.C21H20N5/c1-16-9-8-12-23-27(16)17(2)13-24(30(23)5)21-15-25-28(19(4)18(21)3)29-26-14-20-10-6-7-11-22(20)31(25)26;1-15-13-14-20-22-21(15)23-27(4)18-11-7-8-12-19(18)29(23)25(2,3)30(22)24-26-16-9-5-6-10-17(16)28(20)24;1-14-11-12-18-21-19(14)20-15(8-7-13-25(20)4)23(2,3)27(21)22-24-16-9-5-6-10-17(16)26(18)22;1-13-9-10-16-18-17(13)19-23(4)11-12-24(19)21(2,3)26(18)20-22-14-7-5-6-8-15(14)25(16)20/h6-13,15H,14H2,1-5H3;5-14H,1-4H3;5-13H,1-4H3;5-12H,1-4H3/q4*+1/i4D3;;;. The highest BCUT2D eigenvalue weighted by Gasteiger charge is 2.48. The van der Waals surface area contributed by atoms with Crippen molar-refractivity contribution >= 4 is 117 Å². The molecule has 4 aliphatic rings. The summed E-state index contributed by atoms with van der Waals surface area (Å²) >= 11 is 0. The molecule has 25 rings (SSSR count). The lowest BCUT2D eigenvalue weighted by atomic mass is 9.84. The van der Waals surface area contributed by atoms with E-state index in [0.717, 1.165) is 89.8 Å². The zero-order valence-corrected chi connectivity index (χ0v) is 67.1. The van der Waals surface area contributed by atoms with E-state index in [9.17, 15) is 0 Å². The third-order valence-corrected chi connectivity index (χ3v) is 25.9. The largest absolute Gasteiger partial charge is 0.299 e. The highest BCUT2D eigenvalue weighted by atomic mass is 15.4. The van der Waals surface area contributed by atoms with Crippen LogP contribution in [0, 0.1) is 48.4 Å². The zero-order chi connectivity index (χ0) is 80.6. The van der Waals surface area contributed by atoms with Gasteiger partial charge in [0.05, 0.1) is 136 Å². The van der Waals surface area contributed by atoms with Gasteiger partial charge in [0.25, 0.3) is 11.6 Å². The molecule has 0 saturated heterocycles. The van der Waals surface area contributed by atoms with Crippen LogP contribution < -0.4 is 18.3 Å². The summed E-state index contributed by atoms with van der Waals surface area (Å²) in [5.41, 5.74) is 36.5. The van der Waals surface area contributed by atoms with Crippen LogP contribution in [0.1, 0.15) is 102 Å². The fourth-order valence-corrected chi connectivity index (χ4v) is 20.6. The number of nitrogens with zero attached hydrogens (tertiary/aromatic N) is 17. The van der Waals surface area contributed by atoms with Crippen LogP contribution in [0.4, 0.5) is 0 Å². The van der Waals surface area contributed by atoms with E-state index in [1.165, 1.54) is 122 Å². The van der Waals surface area contributed by atoms with Gasteiger partial charge >= 0.3 is 0 Å². The number of pyridine rings is 2. The molecular weight excluding hydrogens is 1400 g/mol. The van der Waals surface area contributed by atoms with Crippen LogP contribution in [0.2, 0.25) is 0 Å². The summed E-state index contributed by atoms with van der Waals surface area (Å²) in [6.07, 6.45) is 7.17.